The molecule has 1 saturated heterocycles. The van der Waals surface area contributed by atoms with E-state index in [0.29, 0.717) is 19.6 Å². The Labute approximate surface area is 140 Å². The Bertz CT molecular complexity index is 858. The summed E-state index contributed by atoms with van der Waals surface area (Å²) in [5.41, 5.74) is 2.93. The van der Waals surface area contributed by atoms with Gasteiger partial charge >= 0.3 is 0 Å². The third-order valence-corrected chi connectivity index (χ3v) is 4.31. The van der Waals surface area contributed by atoms with Crippen molar-refractivity contribution < 1.29 is 4.79 Å². The van der Waals surface area contributed by atoms with Gasteiger partial charge in [0.05, 0.1) is 18.6 Å². The van der Waals surface area contributed by atoms with Gasteiger partial charge in [-0.15, -0.1) is 0 Å². The number of nitrogens with one attached hydrogen (secondary N) is 1. The van der Waals surface area contributed by atoms with Crippen LogP contribution in [0.15, 0.2) is 48.7 Å². The Morgan fingerprint density at radius 1 is 1.08 bits per heavy atom. The van der Waals surface area contributed by atoms with Crippen molar-refractivity contribution in [2.24, 2.45) is 0 Å². The predicted octanol–water partition coefficient (Wildman–Crippen LogP) is 1.41. The van der Waals surface area contributed by atoms with Crippen LogP contribution in [0.3, 0.4) is 0 Å². The molecule has 6 nitrogen and oxygen atoms in total. The molecule has 1 amide bonds. The highest BCUT2D eigenvalue weighted by Gasteiger charge is 2.21. The molecule has 3 aromatic rings. The molecular formula is C18H19N5O. The minimum Gasteiger partial charge on any atom is -0.333 e. The minimum atomic E-state index is 0.118. The number of benzene rings is 1. The smallest absolute Gasteiger partial charge is 0.236 e. The van der Waals surface area contributed by atoms with Crippen LogP contribution in [-0.2, 0) is 17.9 Å². The fraction of sp³-hybridized carbons (Fsp3) is 0.278. The Morgan fingerprint density at radius 3 is 2.79 bits per heavy atom. The normalized spacial score (nSPS) is 15.2. The number of piperazine rings is 1. The van der Waals surface area contributed by atoms with Crippen LogP contribution in [0.4, 0.5) is 0 Å². The van der Waals surface area contributed by atoms with Crippen molar-refractivity contribution in [3.63, 3.8) is 0 Å². The number of aromatic nitrogens is 3. The summed E-state index contributed by atoms with van der Waals surface area (Å²) in [6, 6.07) is 14.2. The van der Waals surface area contributed by atoms with E-state index >= 15 is 0 Å². The minimum absolute atomic E-state index is 0.118. The van der Waals surface area contributed by atoms with E-state index in [1.54, 1.807) is 6.20 Å². The molecule has 1 aliphatic heterocycles. The number of carbonyl (C=O) groups is 1. The van der Waals surface area contributed by atoms with Crippen LogP contribution in [0.2, 0.25) is 0 Å². The van der Waals surface area contributed by atoms with E-state index in [4.69, 9.17) is 0 Å². The zero-order valence-corrected chi connectivity index (χ0v) is 13.4. The van der Waals surface area contributed by atoms with E-state index in [9.17, 15) is 4.79 Å². The summed E-state index contributed by atoms with van der Waals surface area (Å²) in [5.74, 6) is 0.996. The summed E-state index contributed by atoms with van der Waals surface area (Å²) in [7, 11) is 0. The molecule has 0 saturated carbocycles. The lowest BCUT2D eigenvalue weighted by molar-refractivity contribution is -0.132. The summed E-state index contributed by atoms with van der Waals surface area (Å²) in [6.07, 6.45) is 1.75. The number of amides is 1. The molecular weight excluding hydrogens is 302 g/mol. The van der Waals surface area contributed by atoms with Gasteiger partial charge in [-0.3, -0.25) is 4.79 Å². The molecule has 1 aromatic carbocycles. The van der Waals surface area contributed by atoms with Crippen LogP contribution in [0.5, 0.6) is 0 Å². The van der Waals surface area contributed by atoms with Gasteiger partial charge in [0, 0.05) is 25.8 Å². The largest absolute Gasteiger partial charge is 0.333 e. The van der Waals surface area contributed by atoms with E-state index in [-0.39, 0.29) is 5.91 Å². The van der Waals surface area contributed by atoms with E-state index in [2.05, 4.69) is 32.0 Å². The SMILES string of the molecule is O=C1CNCCN1Cc1nc2ncccc2n1Cc1ccccc1. The van der Waals surface area contributed by atoms with Gasteiger partial charge in [-0.1, -0.05) is 30.3 Å². The Hall–Kier alpha value is -2.73. The van der Waals surface area contributed by atoms with Crippen LogP contribution in [0.25, 0.3) is 11.2 Å². The maximum absolute atomic E-state index is 12.1. The molecule has 1 aliphatic rings. The van der Waals surface area contributed by atoms with Crippen LogP contribution in [0, 0.1) is 0 Å². The maximum atomic E-state index is 12.1. The average molecular weight is 321 g/mol. The van der Waals surface area contributed by atoms with E-state index in [0.717, 1.165) is 30.1 Å². The third-order valence-electron chi connectivity index (χ3n) is 4.31. The summed E-state index contributed by atoms with van der Waals surface area (Å²) in [5, 5.41) is 3.10. The molecule has 0 spiro atoms. The molecule has 0 aliphatic carbocycles. The first-order valence-corrected chi connectivity index (χ1v) is 8.14. The molecule has 1 N–H and O–H groups in total. The molecule has 0 radical (unpaired) electrons. The summed E-state index contributed by atoms with van der Waals surface area (Å²) < 4.78 is 2.16. The standard InChI is InChI=1S/C18H19N5O/c24-17-11-19-9-10-22(17)13-16-21-18-15(7-4-8-20-18)23(16)12-14-5-2-1-3-6-14/h1-8,19H,9-13H2. The van der Waals surface area contributed by atoms with Gasteiger partial charge in [0.25, 0.3) is 0 Å². The molecule has 122 valence electrons. The average Bonchev–Trinajstić information content (AvgIpc) is 2.95. The highest BCUT2D eigenvalue weighted by Crippen LogP contribution is 2.18. The predicted molar refractivity (Wildman–Crippen MR) is 91.4 cm³/mol. The fourth-order valence-corrected chi connectivity index (χ4v) is 3.05. The molecule has 3 heterocycles. The van der Waals surface area contributed by atoms with Gasteiger partial charge in [0.15, 0.2) is 5.65 Å². The molecule has 0 atom stereocenters. The molecule has 2 aromatic heterocycles. The second-order valence-corrected chi connectivity index (χ2v) is 5.94. The van der Waals surface area contributed by atoms with Crippen LogP contribution >= 0.6 is 0 Å². The lowest BCUT2D eigenvalue weighted by Gasteiger charge is -2.27. The first-order valence-electron chi connectivity index (χ1n) is 8.14. The Balaban J connectivity index is 1.71. The third kappa shape index (κ3) is 2.88. The number of rotatable bonds is 4. The number of imidazole rings is 1. The monoisotopic (exact) mass is 321 g/mol. The van der Waals surface area contributed by atoms with Gasteiger partial charge < -0.3 is 14.8 Å². The van der Waals surface area contributed by atoms with Crippen LogP contribution in [-0.4, -0.2) is 45.0 Å². The number of carbonyl (C=O) groups excluding carboxylic acids is 1. The molecule has 0 bridgehead atoms. The number of hydrogen-bond donors (Lipinski definition) is 1. The van der Waals surface area contributed by atoms with Crippen molar-refractivity contribution in [2.75, 3.05) is 19.6 Å². The molecule has 1 fully saturated rings. The lowest BCUT2D eigenvalue weighted by Crippen LogP contribution is -2.47. The number of pyridine rings is 1. The van der Waals surface area contributed by atoms with Crippen molar-refractivity contribution in [2.45, 2.75) is 13.1 Å². The van der Waals surface area contributed by atoms with Crippen LogP contribution < -0.4 is 5.32 Å². The van der Waals surface area contributed by atoms with Crippen molar-refractivity contribution in [3.8, 4) is 0 Å². The quantitative estimate of drug-likeness (QED) is 0.789. The van der Waals surface area contributed by atoms with Crippen LogP contribution in [0.1, 0.15) is 11.4 Å². The summed E-state index contributed by atoms with van der Waals surface area (Å²) >= 11 is 0. The molecule has 4 rings (SSSR count). The highest BCUT2D eigenvalue weighted by atomic mass is 16.2. The second-order valence-electron chi connectivity index (χ2n) is 5.94. The number of hydrogen-bond acceptors (Lipinski definition) is 4. The number of nitrogens with zero attached hydrogens (tertiary/aromatic N) is 4. The van der Waals surface area contributed by atoms with Gasteiger partial charge in [-0.05, 0) is 17.7 Å². The summed E-state index contributed by atoms with van der Waals surface area (Å²) in [6.45, 7) is 3.17. The first kappa shape index (κ1) is 14.8. The van der Waals surface area contributed by atoms with Gasteiger partial charge in [-0.2, -0.15) is 0 Å². The van der Waals surface area contributed by atoms with E-state index in [1.807, 2.05) is 35.2 Å². The van der Waals surface area contributed by atoms with Gasteiger partial charge in [0.2, 0.25) is 5.91 Å². The molecule has 0 unspecified atom stereocenters. The summed E-state index contributed by atoms with van der Waals surface area (Å²) in [4.78, 5) is 23.0. The highest BCUT2D eigenvalue weighted by molar-refractivity contribution is 5.79. The zero-order valence-electron chi connectivity index (χ0n) is 13.4. The topological polar surface area (TPSA) is 63.1 Å². The lowest BCUT2D eigenvalue weighted by atomic mass is 10.2. The van der Waals surface area contributed by atoms with E-state index in [1.165, 1.54) is 5.56 Å². The Kier molecular flexibility index (Phi) is 3.96. The first-order chi connectivity index (χ1) is 11.8. The van der Waals surface area contributed by atoms with Gasteiger partial charge in [-0.25, -0.2) is 9.97 Å². The van der Waals surface area contributed by atoms with Crippen molar-refractivity contribution in [1.29, 1.82) is 0 Å². The Morgan fingerprint density at radius 2 is 1.96 bits per heavy atom. The van der Waals surface area contributed by atoms with Crippen molar-refractivity contribution in [1.82, 2.24) is 24.8 Å². The number of fused-ring (bicyclic) bond motifs is 1. The van der Waals surface area contributed by atoms with Crippen molar-refractivity contribution >= 4 is 17.1 Å². The maximum Gasteiger partial charge on any atom is 0.236 e. The second kappa shape index (κ2) is 6.41. The molecule has 6 heteroatoms. The fourth-order valence-electron chi connectivity index (χ4n) is 3.05. The van der Waals surface area contributed by atoms with E-state index < -0.39 is 0 Å². The zero-order chi connectivity index (χ0) is 16.4. The van der Waals surface area contributed by atoms with Gasteiger partial charge in [0.1, 0.15) is 5.82 Å². The van der Waals surface area contributed by atoms with Crippen molar-refractivity contribution in [3.05, 3.63) is 60.0 Å². The molecule has 24 heavy (non-hydrogen) atoms.